The molecular weight excluding hydrogens is 350 g/mol. The molecule has 8 heteroatoms. The average Bonchev–Trinajstić information content (AvgIpc) is 3.16. The molecule has 0 aliphatic carbocycles. The van der Waals surface area contributed by atoms with Gasteiger partial charge in [0.05, 0.1) is 4.90 Å². The van der Waals surface area contributed by atoms with Crippen molar-refractivity contribution >= 4 is 15.5 Å². The number of hydrogen-bond acceptors (Lipinski definition) is 6. The summed E-state index contributed by atoms with van der Waals surface area (Å²) >= 11 is 0. The van der Waals surface area contributed by atoms with Gasteiger partial charge in [-0.15, -0.1) is 5.10 Å². The molecule has 0 saturated heterocycles. The molecule has 0 spiro atoms. The first-order valence-corrected chi connectivity index (χ1v) is 10.3. The number of aromatic amines is 1. The molecule has 3 rings (SSSR count). The molecule has 7 nitrogen and oxygen atoms in total. The van der Waals surface area contributed by atoms with Crippen molar-refractivity contribution in [3.63, 3.8) is 0 Å². The molecule has 0 amide bonds. The van der Waals surface area contributed by atoms with E-state index in [1.54, 1.807) is 6.07 Å². The normalized spacial score (nSPS) is 11.5. The molecule has 0 unspecified atom stereocenters. The minimum absolute atomic E-state index is 0.247. The van der Waals surface area contributed by atoms with Crippen molar-refractivity contribution in [3.8, 4) is 22.5 Å². The highest BCUT2D eigenvalue weighted by molar-refractivity contribution is 7.90. The van der Waals surface area contributed by atoms with E-state index in [1.165, 1.54) is 6.26 Å². The molecule has 0 atom stereocenters. The van der Waals surface area contributed by atoms with Crippen LogP contribution in [0.4, 0.5) is 5.69 Å². The SMILES string of the molecule is CCCCNc1cc(-c2nnn[nH]2)cc(S(C)(=O)=O)c1-c1ccccc1. The summed E-state index contributed by atoms with van der Waals surface area (Å²) in [7, 11) is -3.47. The molecule has 1 heterocycles. The van der Waals surface area contributed by atoms with Crippen molar-refractivity contribution in [1.29, 1.82) is 0 Å². The van der Waals surface area contributed by atoms with Gasteiger partial charge in [-0.05, 0) is 34.5 Å². The summed E-state index contributed by atoms with van der Waals surface area (Å²) in [5.74, 6) is 0.424. The van der Waals surface area contributed by atoms with Gasteiger partial charge in [0.25, 0.3) is 0 Å². The monoisotopic (exact) mass is 371 g/mol. The van der Waals surface area contributed by atoms with E-state index < -0.39 is 9.84 Å². The second-order valence-electron chi connectivity index (χ2n) is 6.07. The fourth-order valence-corrected chi connectivity index (χ4v) is 3.71. The van der Waals surface area contributed by atoms with Crippen LogP contribution in [0.2, 0.25) is 0 Å². The summed E-state index contributed by atoms with van der Waals surface area (Å²) in [6, 6.07) is 13.0. The molecule has 0 radical (unpaired) electrons. The lowest BCUT2D eigenvalue weighted by Gasteiger charge is -2.17. The van der Waals surface area contributed by atoms with Gasteiger partial charge in [-0.25, -0.2) is 13.5 Å². The molecule has 0 saturated carbocycles. The Bertz CT molecular complexity index is 970. The number of aromatic nitrogens is 4. The molecule has 26 heavy (non-hydrogen) atoms. The van der Waals surface area contributed by atoms with Gasteiger partial charge < -0.3 is 5.32 Å². The van der Waals surface area contributed by atoms with Crippen molar-refractivity contribution < 1.29 is 8.42 Å². The Hall–Kier alpha value is -2.74. The molecule has 136 valence electrons. The van der Waals surface area contributed by atoms with Crippen molar-refractivity contribution in [1.82, 2.24) is 20.6 Å². The van der Waals surface area contributed by atoms with Crippen LogP contribution < -0.4 is 5.32 Å². The molecule has 0 bridgehead atoms. The predicted octanol–water partition coefficient (Wildman–Crippen LogP) is 3.15. The van der Waals surface area contributed by atoms with E-state index in [4.69, 9.17) is 0 Å². The van der Waals surface area contributed by atoms with E-state index in [-0.39, 0.29) is 4.90 Å². The number of anilines is 1. The van der Waals surface area contributed by atoms with Crippen molar-refractivity contribution in [2.75, 3.05) is 18.1 Å². The largest absolute Gasteiger partial charge is 0.384 e. The molecule has 2 N–H and O–H groups in total. The minimum atomic E-state index is -3.47. The molecule has 0 aliphatic rings. The van der Waals surface area contributed by atoms with Crippen molar-refractivity contribution in [3.05, 3.63) is 42.5 Å². The zero-order valence-electron chi connectivity index (χ0n) is 14.7. The van der Waals surface area contributed by atoms with Gasteiger partial charge in [-0.3, -0.25) is 0 Å². The number of hydrogen-bond donors (Lipinski definition) is 2. The third kappa shape index (κ3) is 3.91. The fourth-order valence-electron chi connectivity index (χ4n) is 2.77. The maximum Gasteiger partial charge on any atom is 0.179 e. The Labute approximate surface area is 152 Å². The lowest BCUT2D eigenvalue weighted by Crippen LogP contribution is -2.08. The fraction of sp³-hybridized carbons (Fsp3) is 0.278. The predicted molar refractivity (Wildman–Crippen MR) is 102 cm³/mol. The number of nitrogens with one attached hydrogen (secondary N) is 2. The third-order valence-electron chi connectivity index (χ3n) is 4.03. The Morgan fingerprint density at radius 3 is 2.50 bits per heavy atom. The number of unbranched alkanes of at least 4 members (excludes halogenated alkanes) is 1. The lowest BCUT2D eigenvalue weighted by molar-refractivity contribution is 0.602. The Balaban J connectivity index is 2.25. The van der Waals surface area contributed by atoms with E-state index in [0.29, 0.717) is 17.0 Å². The smallest absolute Gasteiger partial charge is 0.179 e. The van der Waals surface area contributed by atoms with E-state index in [0.717, 1.165) is 30.6 Å². The molecule has 2 aromatic carbocycles. The minimum Gasteiger partial charge on any atom is -0.384 e. The van der Waals surface area contributed by atoms with Crippen LogP contribution >= 0.6 is 0 Å². The number of nitrogens with zero attached hydrogens (tertiary/aromatic N) is 3. The molecule has 1 aromatic heterocycles. The van der Waals surface area contributed by atoms with Gasteiger partial charge in [0, 0.05) is 29.6 Å². The van der Waals surface area contributed by atoms with Crippen LogP contribution in [0.1, 0.15) is 19.8 Å². The quantitative estimate of drug-likeness (QED) is 0.619. The van der Waals surface area contributed by atoms with Crippen LogP contribution in [0.15, 0.2) is 47.4 Å². The molecular formula is C18H21N5O2S. The number of H-pyrrole nitrogens is 1. The van der Waals surface area contributed by atoms with Gasteiger partial charge in [-0.2, -0.15) is 0 Å². The summed E-state index contributed by atoms with van der Waals surface area (Å²) in [6.45, 7) is 2.86. The van der Waals surface area contributed by atoms with E-state index in [1.807, 2.05) is 36.4 Å². The first kappa shape index (κ1) is 18.1. The second kappa shape index (κ2) is 7.65. The van der Waals surface area contributed by atoms with Crippen LogP contribution in [0.25, 0.3) is 22.5 Å². The van der Waals surface area contributed by atoms with E-state index in [2.05, 4.69) is 32.9 Å². The number of benzene rings is 2. The summed E-state index contributed by atoms with van der Waals surface area (Å²) < 4.78 is 25.1. The van der Waals surface area contributed by atoms with Crippen LogP contribution in [0.5, 0.6) is 0 Å². The van der Waals surface area contributed by atoms with Crippen molar-refractivity contribution in [2.24, 2.45) is 0 Å². The first-order chi connectivity index (χ1) is 12.5. The average molecular weight is 371 g/mol. The second-order valence-corrected chi connectivity index (χ2v) is 8.05. The van der Waals surface area contributed by atoms with Crippen LogP contribution in [0, 0.1) is 0 Å². The summed E-state index contributed by atoms with van der Waals surface area (Å²) in [5, 5.41) is 17.2. The Morgan fingerprint density at radius 2 is 1.88 bits per heavy atom. The van der Waals surface area contributed by atoms with Crippen LogP contribution in [-0.4, -0.2) is 41.8 Å². The van der Waals surface area contributed by atoms with Gasteiger partial charge in [0.1, 0.15) is 0 Å². The highest BCUT2D eigenvalue weighted by atomic mass is 32.2. The standard InChI is InChI=1S/C18H21N5O2S/c1-3-4-10-19-15-11-14(18-20-22-23-21-18)12-16(26(2,24)25)17(15)13-8-6-5-7-9-13/h5-9,11-12,19H,3-4,10H2,1-2H3,(H,20,21,22,23). The molecule has 0 aliphatic heterocycles. The maximum atomic E-state index is 12.5. The highest BCUT2D eigenvalue weighted by Gasteiger charge is 2.21. The zero-order chi connectivity index (χ0) is 18.6. The Kier molecular flexibility index (Phi) is 5.32. The third-order valence-corrected chi connectivity index (χ3v) is 5.15. The van der Waals surface area contributed by atoms with Gasteiger partial charge >= 0.3 is 0 Å². The Morgan fingerprint density at radius 1 is 1.12 bits per heavy atom. The summed E-state index contributed by atoms with van der Waals surface area (Å²) in [6.07, 6.45) is 3.24. The van der Waals surface area contributed by atoms with Gasteiger partial charge in [0.2, 0.25) is 0 Å². The van der Waals surface area contributed by atoms with Crippen LogP contribution in [-0.2, 0) is 9.84 Å². The zero-order valence-corrected chi connectivity index (χ0v) is 15.5. The maximum absolute atomic E-state index is 12.5. The lowest BCUT2D eigenvalue weighted by atomic mass is 10.0. The summed E-state index contributed by atoms with van der Waals surface area (Å²) in [4.78, 5) is 0.247. The van der Waals surface area contributed by atoms with Crippen LogP contribution in [0.3, 0.4) is 0 Å². The first-order valence-electron chi connectivity index (χ1n) is 8.42. The van der Waals surface area contributed by atoms with E-state index >= 15 is 0 Å². The number of sulfone groups is 1. The highest BCUT2D eigenvalue weighted by Crippen LogP contribution is 2.37. The topological polar surface area (TPSA) is 101 Å². The number of tetrazole rings is 1. The number of rotatable bonds is 7. The van der Waals surface area contributed by atoms with Crippen molar-refractivity contribution in [2.45, 2.75) is 24.7 Å². The van der Waals surface area contributed by atoms with Gasteiger partial charge in [-0.1, -0.05) is 43.7 Å². The molecule has 3 aromatic rings. The van der Waals surface area contributed by atoms with E-state index in [9.17, 15) is 8.42 Å². The molecule has 0 fully saturated rings. The summed E-state index contributed by atoms with van der Waals surface area (Å²) in [5.41, 5.74) is 2.88. The van der Waals surface area contributed by atoms with Gasteiger partial charge in [0.15, 0.2) is 15.7 Å².